The molecule has 1 aromatic heterocycles. The van der Waals surface area contributed by atoms with Gasteiger partial charge in [-0.2, -0.15) is 0 Å². The molecule has 3 rings (SSSR count). The van der Waals surface area contributed by atoms with Gasteiger partial charge in [0, 0.05) is 9.86 Å². The maximum Gasteiger partial charge on any atom is 0.149 e. The van der Waals surface area contributed by atoms with Gasteiger partial charge in [-0.15, -0.1) is 0 Å². The van der Waals surface area contributed by atoms with Crippen molar-refractivity contribution < 1.29 is 8.78 Å². The fourth-order valence-electron chi connectivity index (χ4n) is 1.86. The van der Waals surface area contributed by atoms with Crippen LogP contribution in [-0.2, 0) is 0 Å². The van der Waals surface area contributed by atoms with Crippen molar-refractivity contribution in [1.82, 2.24) is 9.97 Å². The number of hydrogen-bond donors (Lipinski definition) is 1. The SMILES string of the molecule is Fc1cccc(F)c1Nc1ncnc2ccc(Br)cc12. The number of aromatic nitrogens is 2. The Morgan fingerprint density at radius 1 is 1.00 bits per heavy atom. The molecule has 0 bridgehead atoms. The fourth-order valence-corrected chi connectivity index (χ4v) is 2.23. The average molecular weight is 336 g/mol. The summed E-state index contributed by atoms with van der Waals surface area (Å²) in [5.41, 5.74) is 0.454. The largest absolute Gasteiger partial charge is 0.335 e. The molecule has 0 spiro atoms. The van der Waals surface area contributed by atoms with Gasteiger partial charge in [0.15, 0.2) is 0 Å². The monoisotopic (exact) mass is 335 g/mol. The van der Waals surface area contributed by atoms with Gasteiger partial charge in [0.05, 0.1) is 5.52 Å². The van der Waals surface area contributed by atoms with Gasteiger partial charge in [0.25, 0.3) is 0 Å². The first-order chi connectivity index (χ1) is 9.65. The standard InChI is InChI=1S/C14H8BrF2N3/c15-8-4-5-12-9(6-8)14(19-7-18-12)20-13-10(16)2-1-3-11(13)17/h1-7H,(H,18,19,20). The highest BCUT2D eigenvalue weighted by molar-refractivity contribution is 9.10. The Labute approximate surface area is 121 Å². The first kappa shape index (κ1) is 12.9. The van der Waals surface area contributed by atoms with E-state index in [0.29, 0.717) is 16.7 Å². The van der Waals surface area contributed by atoms with Gasteiger partial charge in [0.1, 0.15) is 29.5 Å². The van der Waals surface area contributed by atoms with Crippen molar-refractivity contribution in [2.45, 2.75) is 0 Å². The predicted molar refractivity (Wildman–Crippen MR) is 76.9 cm³/mol. The maximum atomic E-state index is 13.7. The molecule has 1 heterocycles. The van der Waals surface area contributed by atoms with Crippen LogP contribution in [0.1, 0.15) is 0 Å². The topological polar surface area (TPSA) is 37.8 Å². The second-order valence-electron chi connectivity index (χ2n) is 4.11. The molecule has 20 heavy (non-hydrogen) atoms. The highest BCUT2D eigenvalue weighted by Gasteiger charge is 2.11. The first-order valence-electron chi connectivity index (χ1n) is 5.76. The highest BCUT2D eigenvalue weighted by atomic mass is 79.9. The summed E-state index contributed by atoms with van der Waals surface area (Å²) < 4.78 is 28.2. The van der Waals surface area contributed by atoms with E-state index >= 15 is 0 Å². The lowest BCUT2D eigenvalue weighted by atomic mass is 10.2. The van der Waals surface area contributed by atoms with E-state index in [0.717, 1.165) is 4.47 Å². The summed E-state index contributed by atoms with van der Waals surface area (Å²) in [6, 6.07) is 9.10. The molecule has 0 fully saturated rings. The Bertz CT molecular complexity index is 772. The molecule has 1 N–H and O–H groups in total. The van der Waals surface area contributed by atoms with Crippen LogP contribution in [-0.4, -0.2) is 9.97 Å². The molecule has 0 saturated heterocycles. The van der Waals surface area contributed by atoms with E-state index in [-0.39, 0.29) is 5.69 Å². The van der Waals surface area contributed by atoms with E-state index in [1.807, 2.05) is 6.07 Å². The van der Waals surface area contributed by atoms with Crippen molar-refractivity contribution >= 4 is 38.3 Å². The summed E-state index contributed by atoms with van der Waals surface area (Å²) in [4.78, 5) is 8.16. The zero-order valence-corrected chi connectivity index (χ0v) is 11.7. The van der Waals surface area contributed by atoms with Crippen LogP contribution in [0.25, 0.3) is 10.9 Å². The van der Waals surface area contributed by atoms with Crippen molar-refractivity contribution in [3.63, 3.8) is 0 Å². The van der Waals surface area contributed by atoms with Crippen LogP contribution >= 0.6 is 15.9 Å². The van der Waals surface area contributed by atoms with Crippen LogP contribution in [0.15, 0.2) is 47.2 Å². The maximum absolute atomic E-state index is 13.7. The van der Waals surface area contributed by atoms with Crippen LogP contribution in [0.3, 0.4) is 0 Å². The van der Waals surface area contributed by atoms with Crippen LogP contribution in [0.2, 0.25) is 0 Å². The fraction of sp³-hybridized carbons (Fsp3) is 0. The lowest BCUT2D eigenvalue weighted by Crippen LogP contribution is -2.00. The van der Waals surface area contributed by atoms with Crippen LogP contribution in [0.5, 0.6) is 0 Å². The van der Waals surface area contributed by atoms with E-state index < -0.39 is 11.6 Å². The second-order valence-corrected chi connectivity index (χ2v) is 5.02. The third-order valence-electron chi connectivity index (χ3n) is 2.80. The molecular weight excluding hydrogens is 328 g/mol. The van der Waals surface area contributed by atoms with Gasteiger partial charge in [-0.1, -0.05) is 22.0 Å². The number of fused-ring (bicyclic) bond motifs is 1. The van der Waals surface area contributed by atoms with E-state index in [4.69, 9.17) is 0 Å². The van der Waals surface area contributed by atoms with E-state index in [1.54, 1.807) is 12.1 Å². The molecule has 6 heteroatoms. The summed E-state index contributed by atoms with van der Waals surface area (Å²) >= 11 is 3.35. The predicted octanol–water partition coefficient (Wildman–Crippen LogP) is 4.41. The van der Waals surface area contributed by atoms with Crippen molar-refractivity contribution in [1.29, 1.82) is 0 Å². The number of rotatable bonds is 2. The van der Waals surface area contributed by atoms with Gasteiger partial charge in [0.2, 0.25) is 0 Å². The molecule has 2 aromatic carbocycles. The third-order valence-corrected chi connectivity index (χ3v) is 3.30. The summed E-state index contributed by atoms with van der Waals surface area (Å²) in [6.45, 7) is 0. The number of nitrogens with one attached hydrogen (secondary N) is 1. The smallest absolute Gasteiger partial charge is 0.149 e. The van der Waals surface area contributed by atoms with E-state index in [2.05, 4.69) is 31.2 Å². The molecule has 0 radical (unpaired) electrons. The van der Waals surface area contributed by atoms with Gasteiger partial charge in [-0.3, -0.25) is 0 Å². The molecule has 0 atom stereocenters. The first-order valence-corrected chi connectivity index (χ1v) is 6.56. The minimum atomic E-state index is -0.674. The van der Waals surface area contributed by atoms with Crippen molar-refractivity contribution in [3.8, 4) is 0 Å². The van der Waals surface area contributed by atoms with Gasteiger partial charge < -0.3 is 5.32 Å². The Morgan fingerprint density at radius 2 is 1.75 bits per heavy atom. The minimum Gasteiger partial charge on any atom is -0.335 e. The van der Waals surface area contributed by atoms with Crippen LogP contribution in [0, 0.1) is 11.6 Å². The Kier molecular flexibility index (Phi) is 3.31. The lowest BCUT2D eigenvalue weighted by molar-refractivity contribution is 0.590. The zero-order chi connectivity index (χ0) is 14.1. The van der Waals surface area contributed by atoms with Gasteiger partial charge in [-0.25, -0.2) is 18.7 Å². The molecular formula is C14H8BrF2N3. The molecule has 3 aromatic rings. The Hall–Kier alpha value is -2.08. The molecule has 100 valence electrons. The summed E-state index contributed by atoms with van der Waals surface area (Å²) in [7, 11) is 0. The lowest BCUT2D eigenvalue weighted by Gasteiger charge is -2.10. The van der Waals surface area contributed by atoms with Crippen molar-refractivity contribution in [3.05, 3.63) is 58.8 Å². The van der Waals surface area contributed by atoms with Gasteiger partial charge in [-0.05, 0) is 30.3 Å². The number of benzene rings is 2. The summed E-state index contributed by atoms with van der Waals surface area (Å²) in [6.07, 6.45) is 1.34. The third kappa shape index (κ3) is 2.34. The normalized spacial score (nSPS) is 10.8. The van der Waals surface area contributed by atoms with Crippen molar-refractivity contribution in [2.24, 2.45) is 0 Å². The van der Waals surface area contributed by atoms with Gasteiger partial charge >= 0.3 is 0 Å². The van der Waals surface area contributed by atoms with E-state index in [9.17, 15) is 8.78 Å². The van der Waals surface area contributed by atoms with Crippen LogP contribution < -0.4 is 5.32 Å². The summed E-state index contributed by atoms with van der Waals surface area (Å²) in [5, 5.41) is 3.36. The number of nitrogens with zero attached hydrogens (tertiary/aromatic N) is 2. The zero-order valence-electron chi connectivity index (χ0n) is 10.1. The molecule has 0 aliphatic rings. The molecule has 0 saturated carbocycles. The van der Waals surface area contributed by atoms with Crippen molar-refractivity contribution in [2.75, 3.05) is 5.32 Å². The molecule has 0 unspecified atom stereocenters. The molecule has 0 aliphatic carbocycles. The van der Waals surface area contributed by atoms with E-state index in [1.165, 1.54) is 24.5 Å². The number of anilines is 2. The van der Waals surface area contributed by atoms with Crippen LogP contribution in [0.4, 0.5) is 20.3 Å². The quantitative estimate of drug-likeness (QED) is 0.753. The number of para-hydroxylation sites is 1. The average Bonchev–Trinajstić information content (AvgIpc) is 2.43. The second kappa shape index (κ2) is 5.13. The number of hydrogen-bond acceptors (Lipinski definition) is 3. The molecule has 0 amide bonds. The Morgan fingerprint density at radius 3 is 2.50 bits per heavy atom. The summed E-state index contributed by atoms with van der Waals surface area (Å²) in [5.74, 6) is -1.00. The molecule has 3 nitrogen and oxygen atoms in total. The molecule has 0 aliphatic heterocycles. The minimum absolute atomic E-state index is 0.229. The number of halogens is 3. The highest BCUT2D eigenvalue weighted by Crippen LogP contribution is 2.28. The Balaban J connectivity index is 2.13.